The van der Waals surface area contributed by atoms with E-state index in [0.29, 0.717) is 10.7 Å². The lowest BCUT2D eigenvalue weighted by Crippen LogP contribution is -2.15. The number of thioether (sulfide) groups is 1. The van der Waals surface area contributed by atoms with Crippen LogP contribution in [0.4, 0.5) is 15.8 Å². The van der Waals surface area contributed by atoms with E-state index >= 15 is 0 Å². The minimum absolute atomic E-state index is 0.105. The molecule has 0 spiro atoms. The molecule has 0 heterocycles. The van der Waals surface area contributed by atoms with Crippen LogP contribution in [0.2, 0.25) is 5.02 Å². The Morgan fingerprint density at radius 3 is 2.42 bits per heavy atom. The van der Waals surface area contributed by atoms with E-state index in [0.717, 1.165) is 29.2 Å². The van der Waals surface area contributed by atoms with E-state index < -0.39 is 21.7 Å². The average Bonchev–Trinajstić information content (AvgIpc) is 2.74. The van der Waals surface area contributed by atoms with Gasteiger partial charge in [-0.2, -0.15) is 0 Å². The first-order chi connectivity index (χ1) is 14.7. The molecule has 3 aromatic carbocycles. The summed E-state index contributed by atoms with van der Waals surface area (Å²) in [5.41, 5.74) is 0.722. The van der Waals surface area contributed by atoms with E-state index in [1.54, 1.807) is 24.3 Å². The molecule has 0 aliphatic rings. The molecule has 0 saturated heterocycles. The molecule has 0 saturated carbocycles. The maximum absolute atomic E-state index is 13.1. The van der Waals surface area contributed by atoms with E-state index in [-0.39, 0.29) is 21.9 Å². The second-order valence-corrected chi connectivity index (χ2v) is 9.24. The Bertz CT molecular complexity index is 1220. The van der Waals surface area contributed by atoms with Crippen molar-refractivity contribution in [2.75, 3.05) is 23.4 Å². The summed E-state index contributed by atoms with van der Waals surface area (Å²) in [7, 11) is -2.62. The summed E-state index contributed by atoms with van der Waals surface area (Å²) in [6, 6.07) is 14.0. The van der Waals surface area contributed by atoms with Crippen LogP contribution in [0.1, 0.15) is 10.4 Å². The zero-order valence-electron chi connectivity index (χ0n) is 16.5. The smallest absolute Gasteiger partial charge is 0.262 e. The molecule has 0 unspecified atom stereocenters. The molecule has 0 aliphatic carbocycles. The predicted octanol–water partition coefficient (Wildman–Crippen LogP) is 5.26. The predicted molar refractivity (Wildman–Crippen MR) is 121 cm³/mol. The average molecular weight is 481 g/mol. The van der Waals surface area contributed by atoms with Gasteiger partial charge in [0.15, 0.2) is 0 Å². The van der Waals surface area contributed by atoms with Gasteiger partial charge in [-0.15, -0.1) is 11.8 Å². The molecule has 2 N–H and O–H groups in total. The molecule has 6 nitrogen and oxygen atoms in total. The molecule has 10 heteroatoms. The highest BCUT2D eigenvalue weighted by molar-refractivity contribution is 7.98. The molecule has 31 heavy (non-hydrogen) atoms. The maximum atomic E-state index is 13.1. The van der Waals surface area contributed by atoms with Gasteiger partial charge in [-0.05, 0) is 66.9 Å². The molecule has 0 aliphatic heterocycles. The SMILES string of the molecule is COc1ccc(NC(=O)c2cc(SC)ccc2Cl)cc1NS(=O)(=O)c1ccc(F)cc1. The zero-order valence-corrected chi connectivity index (χ0v) is 18.9. The van der Waals surface area contributed by atoms with E-state index in [9.17, 15) is 17.6 Å². The number of carbonyl (C=O) groups excluding carboxylic acids is 1. The lowest BCUT2D eigenvalue weighted by Gasteiger charge is -2.14. The number of benzene rings is 3. The van der Waals surface area contributed by atoms with Crippen molar-refractivity contribution in [3.05, 3.63) is 77.1 Å². The van der Waals surface area contributed by atoms with Crippen molar-refractivity contribution >= 4 is 50.7 Å². The molecular weight excluding hydrogens is 463 g/mol. The van der Waals surface area contributed by atoms with Gasteiger partial charge in [-0.3, -0.25) is 9.52 Å². The van der Waals surface area contributed by atoms with E-state index in [1.165, 1.54) is 31.0 Å². The van der Waals surface area contributed by atoms with Gasteiger partial charge in [-0.25, -0.2) is 12.8 Å². The maximum Gasteiger partial charge on any atom is 0.262 e. The number of amides is 1. The van der Waals surface area contributed by atoms with Crippen molar-refractivity contribution < 1.29 is 22.3 Å². The Hall–Kier alpha value is -2.75. The van der Waals surface area contributed by atoms with Gasteiger partial charge in [0.1, 0.15) is 11.6 Å². The van der Waals surface area contributed by atoms with Gasteiger partial charge < -0.3 is 10.1 Å². The highest BCUT2D eigenvalue weighted by Gasteiger charge is 2.18. The van der Waals surface area contributed by atoms with Crippen molar-refractivity contribution in [1.82, 2.24) is 0 Å². The number of hydrogen-bond acceptors (Lipinski definition) is 5. The number of rotatable bonds is 7. The summed E-state index contributed by atoms with van der Waals surface area (Å²) in [6.07, 6.45) is 1.88. The number of ether oxygens (including phenoxy) is 1. The second kappa shape index (κ2) is 9.59. The minimum atomic E-state index is -4.01. The Morgan fingerprint density at radius 2 is 1.77 bits per heavy atom. The largest absolute Gasteiger partial charge is 0.495 e. The first-order valence-electron chi connectivity index (χ1n) is 8.85. The van der Waals surface area contributed by atoms with Gasteiger partial charge in [0, 0.05) is 10.6 Å². The number of methoxy groups -OCH3 is 1. The van der Waals surface area contributed by atoms with E-state index in [4.69, 9.17) is 16.3 Å². The summed E-state index contributed by atoms with van der Waals surface area (Å²) in [6.45, 7) is 0. The Morgan fingerprint density at radius 1 is 1.06 bits per heavy atom. The second-order valence-electron chi connectivity index (χ2n) is 6.27. The van der Waals surface area contributed by atoms with Crippen LogP contribution in [-0.2, 0) is 10.0 Å². The zero-order chi connectivity index (χ0) is 22.6. The fraction of sp³-hybridized carbons (Fsp3) is 0.0952. The lowest BCUT2D eigenvalue weighted by molar-refractivity contribution is 0.102. The number of carbonyl (C=O) groups is 1. The number of hydrogen-bond donors (Lipinski definition) is 2. The van der Waals surface area contributed by atoms with E-state index in [1.807, 2.05) is 6.26 Å². The standard InChI is InChI=1S/C21H18ClFN2O4S2/c1-29-20-10-5-14(24-21(26)17-12-15(30-2)6-9-18(17)22)11-19(20)25-31(27,28)16-7-3-13(23)4-8-16/h3-12,25H,1-2H3,(H,24,26). The van der Waals surface area contributed by atoms with Crippen LogP contribution in [0, 0.1) is 5.82 Å². The monoisotopic (exact) mass is 480 g/mol. The van der Waals surface area contributed by atoms with Crippen LogP contribution < -0.4 is 14.8 Å². The number of anilines is 2. The third-order valence-corrected chi connectivity index (χ3v) is 6.68. The summed E-state index contributed by atoms with van der Waals surface area (Å²) < 4.78 is 46.1. The van der Waals surface area contributed by atoms with Gasteiger partial charge >= 0.3 is 0 Å². The van der Waals surface area contributed by atoms with Gasteiger partial charge in [-0.1, -0.05) is 11.6 Å². The van der Waals surface area contributed by atoms with Crippen molar-refractivity contribution in [1.29, 1.82) is 0 Å². The normalized spacial score (nSPS) is 11.1. The molecular formula is C21H18ClFN2O4S2. The fourth-order valence-electron chi connectivity index (χ4n) is 2.69. The Kier molecular flexibility index (Phi) is 7.09. The first kappa shape index (κ1) is 22.9. The van der Waals surface area contributed by atoms with E-state index in [2.05, 4.69) is 10.0 Å². The van der Waals surface area contributed by atoms with Crippen molar-refractivity contribution in [2.24, 2.45) is 0 Å². The van der Waals surface area contributed by atoms with Crippen LogP contribution in [0.5, 0.6) is 5.75 Å². The summed E-state index contributed by atoms with van der Waals surface area (Å²) >= 11 is 7.62. The number of sulfonamides is 1. The summed E-state index contributed by atoms with van der Waals surface area (Å²) in [5, 5.41) is 3.00. The Balaban J connectivity index is 1.88. The highest BCUT2D eigenvalue weighted by atomic mass is 35.5. The van der Waals surface area contributed by atoms with Gasteiger partial charge in [0.2, 0.25) is 0 Å². The van der Waals surface area contributed by atoms with Crippen LogP contribution in [0.25, 0.3) is 0 Å². The van der Waals surface area contributed by atoms with Crippen LogP contribution in [-0.4, -0.2) is 27.7 Å². The molecule has 0 radical (unpaired) electrons. The minimum Gasteiger partial charge on any atom is -0.495 e. The number of nitrogens with one attached hydrogen (secondary N) is 2. The van der Waals surface area contributed by atoms with Gasteiger partial charge in [0.05, 0.1) is 28.3 Å². The lowest BCUT2D eigenvalue weighted by atomic mass is 10.2. The topological polar surface area (TPSA) is 84.5 Å². The molecule has 0 aromatic heterocycles. The summed E-state index contributed by atoms with van der Waals surface area (Å²) in [4.78, 5) is 13.5. The van der Waals surface area contributed by atoms with Crippen molar-refractivity contribution in [3.8, 4) is 5.75 Å². The molecule has 0 atom stereocenters. The van der Waals surface area contributed by atoms with Crippen LogP contribution in [0.3, 0.4) is 0 Å². The highest BCUT2D eigenvalue weighted by Crippen LogP contribution is 2.31. The molecule has 3 aromatic rings. The third-order valence-electron chi connectivity index (χ3n) is 4.24. The molecule has 1 amide bonds. The van der Waals surface area contributed by atoms with Crippen molar-refractivity contribution in [3.63, 3.8) is 0 Å². The third kappa shape index (κ3) is 5.49. The molecule has 162 valence electrons. The quantitative estimate of drug-likeness (QED) is 0.450. The summed E-state index contributed by atoms with van der Waals surface area (Å²) in [5.74, 6) is -0.755. The molecule has 3 rings (SSSR count). The number of halogens is 2. The van der Waals surface area contributed by atoms with Gasteiger partial charge in [0.25, 0.3) is 15.9 Å². The Labute approximate surface area is 188 Å². The fourth-order valence-corrected chi connectivity index (χ4v) is 4.39. The molecule has 0 bridgehead atoms. The molecule has 0 fully saturated rings. The first-order valence-corrected chi connectivity index (χ1v) is 11.9. The van der Waals surface area contributed by atoms with Crippen LogP contribution in [0.15, 0.2) is 70.5 Å². The van der Waals surface area contributed by atoms with Crippen LogP contribution >= 0.6 is 23.4 Å². The van der Waals surface area contributed by atoms with Crippen molar-refractivity contribution in [2.45, 2.75) is 9.79 Å².